The fourth-order valence-electron chi connectivity index (χ4n) is 2.87. The first-order chi connectivity index (χ1) is 9.29. The third-order valence-corrected chi connectivity index (χ3v) is 4.48. The molecule has 0 aromatic rings. The minimum absolute atomic E-state index is 0.00536. The lowest BCUT2D eigenvalue weighted by atomic mass is 9.99. The number of rotatable bonds is 7. The Bertz CT molecular complexity index is 317. The van der Waals surface area contributed by atoms with Gasteiger partial charge >= 0.3 is 0 Å². The molecule has 1 N–H and O–H groups in total. The summed E-state index contributed by atoms with van der Waals surface area (Å²) >= 11 is 0. The molecule has 0 bridgehead atoms. The molecular formula is C16H33N3O. The Hall–Kier alpha value is -0.610. The average Bonchev–Trinajstić information content (AvgIpc) is 2.73. The van der Waals surface area contributed by atoms with Crippen LogP contribution in [0.1, 0.15) is 47.5 Å². The lowest BCUT2D eigenvalue weighted by molar-refractivity contribution is -0.133. The lowest BCUT2D eigenvalue weighted by Gasteiger charge is -2.33. The highest BCUT2D eigenvalue weighted by Crippen LogP contribution is 2.26. The predicted octanol–water partition coefficient (Wildman–Crippen LogP) is 2.16. The molecule has 1 amide bonds. The van der Waals surface area contributed by atoms with Crippen LogP contribution in [0.2, 0.25) is 0 Å². The van der Waals surface area contributed by atoms with Gasteiger partial charge in [0.25, 0.3) is 0 Å². The van der Waals surface area contributed by atoms with Crippen LogP contribution in [0.25, 0.3) is 0 Å². The third-order valence-electron chi connectivity index (χ3n) is 4.48. The van der Waals surface area contributed by atoms with Crippen molar-refractivity contribution in [3.63, 3.8) is 0 Å². The van der Waals surface area contributed by atoms with Gasteiger partial charge in [-0.15, -0.1) is 0 Å². The van der Waals surface area contributed by atoms with Crippen molar-refractivity contribution in [3.8, 4) is 0 Å². The summed E-state index contributed by atoms with van der Waals surface area (Å²) < 4.78 is 0. The van der Waals surface area contributed by atoms with Crippen LogP contribution in [-0.2, 0) is 4.79 Å². The summed E-state index contributed by atoms with van der Waals surface area (Å²) in [6.07, 6.45) is 2.24. The minimum atomic E-state index is -0.00536. The Labute approximate surface area is 124 Å². The molecule has 1 rings (SSSR count). The Morgan fingerprint density at radius 3 is 2.30 bits per heavy atom. The van der Waals surface area contributed by atoms with Gasteiger partial charge in [-0.1, -0.05) is 34.1 Å². The van der Waals surface area contributed by atoms with E-state index in [9.17, 15) is 4.79 Å². The van der Waals surface area contributed by atoms with Crippen LogP contribution in [-0.4, -0.2) is 54.6 Å². The fourth-order valence-corrected chi connectivity index (χ4v) is 2.87. The first-order valence-corrected chi connectivity index (χ1v) is 8.02. The van der Waals surface area contributed by atoms with Gasteiger partial charge in [-0.2, -0.15) is 0 Å². The molecule has 4 unspecified atom stereocenters. The summed E-state index contributed by atoms with van der Waals surface area (Å²) in [4.78, 5) is 17.0. The number of amides is 1. The second kappa shape index (κ2) is 7.41. The molecule has 1 fully saturated rings. The second-order valence-electron chi connectivity index (χ2n) is 6.91. The Morgan fingerprint density at radius 1 is 1.25 bits per heavy atom. The SMILES string of the molecule is CCC(C)C1NC(C(C)C)N(C(C)CCN(C)C)C1=O. The van der Waals surface area contributed by atoms with Crippen molar-refractivity contribution in [1.29, 1.82) is 0 Å². The number of nitrogens with one attached hydrogen (secondary N) is 1. The predicted molar refractivity (Wildman–Crippen MR) is 84.5 cm³/mol. The summed E-state index contributed by atoms with van der Waals surface area (Å²) in [7, 11) is 4.16. The number of hydrogen-bond donors (Lipinski definition) is 1. The van der Waals surface area contributed by atoms with Crippen LogP contribution in [0.15, 0.2) is 0 Å². The number of hydrogen-bond acceptors (Lipinski definition) is 3. The van der Waals surface area contributed by atoms with Crippen molar-refractivity contribution in [1.82, 2.24) is 15.1 Å². The zero-order valence-corrected chi connectivity index (χ0v) is 14.3. The molecule has 1 saturated heterocycles. The molecular weight excluding hydrogens is 250 g/mol. The zero-order valence-electron chi connectivity index (χ0n) is 14.3. The van der Waals surface area contributed by atoms with E-state index in [4.69, 9.17) is 0 Å². The Morgan fingerprint density at radius 2 is 1.85 bits per heavy atom. The molecule has 0 aromatic heterocycles. The van der Waals surface area contributed by atoms with Gasteiger partial charge in [0, 0.05) is 6.04 Å². The van der Waals surface area contributed by atoms with Crippen LogP contribution >= 0.6 is 0 Å². The third kappa shape index (κ3) is 3.95. The van der Waals surface area contributed by atoms with Crippen molar-refractivity contribution < 1.29 is 4.79 Å². The molecule has 0 saturated carbocycles. The van der Waals surface area contributed by atoms with Gasteiger partial charge in [0.2, 0.25) is 5.91 Å². The van der Waals surface area contributed by atoms with E-state index < -0.39 is 0 Å². The summed E-state index contributed by atoms with van der Waals surface area (Å²) in [5.41, 5.74) is 0. The Balaban J connectivity index is 2.81. The number of carbonyl (C=O) groups is 1. The molecule has 4 nitrogen and oxygen atoms in total. The van der Waals surface area contributed by atoms with E-state index >= 15 is 0 Å². The molecule has 4 atom stereocenters. The van der Waals surface area contributed by atoms with Crippen molar-refractivity contribution >= 4 is 5.91 Å². The molecule has 4 heteroatoms. The maximum Gasteiger partial charge on any atom is 0.241 e. The van der Waals surface area contributed by atoms with Crippen LogP contribution in [0.4, 0.5) is 0 Å². The van der Waals surface area contributed by atoms with Crippen LogP contribution < -0.4 is 5.32 Å². The van der Waals surface area contributed by atoms with E-state index in [2.05, 4.69) is 63.8 Å². The van der Waals surface area contributed by atoms with Crippen molar-refractivity contribution in [3.05, 3.63) is 0 Å². The van der Waals surface area contributed by atoms with E-state index in [-0.39, 0.29) is 12.2 Å². The molecule has 20 heavy (non-hydrogen) atoms. The highest BCUT2D eigenvalue weighted by Gasteiger charge is 2.43. The zero-order chi connectivity index (χ0) is 15.4. The molecule has 0 aliphatic carbocycles. The fraction of sp³-hybridized carbons (Fsp3) is 0.938. The van der Waals surface area contributed by atoms with E-state index in [1.807, 2.05) is 0 Å². The molecule has 0 spiro atoms. The highest BCUT2D eigenvalue weighted by molar-refractivity contribution is 5.85. The second-order valence-corrected chi connectivity index (χ2v) is 6.91. The van der Waals surface area contributed by atoms with Gasteiger partial charge in [0.05, 0.1) is 12.2 Å². The molecule has 118 valence electrons. The highest BCUT2D eigenvalue weighted by atomic mass is 16.2. The van der Waals surface area contributed by atoms with Crippen molar-refractivity contribution in [2.75, 3.05) is 20.6 Å². The van der Waals surface area contributed by atoms with Gasteiger partial charge in [0.1, 0.15) is 0 Å². The summed E-state index contributed by atoms with van der Waals surface area (Å²) in [5, 5.41) is 3.57. The van der Waals surface area contributed by atoms with E-state index in [0.29, 0.717) is 23.8 Å². The van der Waals surface area contributed by atoms with E-state index in [1.54, 1.807) is 0 Å². The monoisotopic (exact) mass is 283 g/mol. The summed E-state index contributed by atoms with van der Waals surface area (Å²) in [6, 6.07) is 0.285. The van der Waals surface area contributed by atoms with Gasteiger partial charge < -0.3 is 9.80 Å². The van der Waals surface area contributed by atoms with Crippen LogP contribution in [0.3, 0.4) is 0 Å². The smallest absolute Gasteiger partial charge is 0.241 e. The normalized spacial score (nSPS) is 26.6. The largest absolute Gasteiger partial charge is 0.323 e. The van der Waals surface area contributed by atoms with Gasteiger partial charge in [0.15, 0.2) is 0 Å². The van der Waals surface area contributed by atoms with Gasteiger partial charge in [-0.25, -0.2) is 0 Å². The number of carbonyl (C=O) groups excluding carboxylic acids is 1. The topological polar surface area (TPSA) is 35.6 Å². The standard InChI is InChI=1S/C16H33N3O/c1-8-12(4)14-16(20)19(15(17-14)11(2)3)13(5)9-10-18(6)7/h11-15,17H,8-10H2,1-7H3. The van der Waals surface area contributed by atoms with Crippen molar-refractivity contribution in [2.24, 2.45) is 11.8 Å². The van der Waals surface area contributed by atoms with Crippen LogP contribution in [0.5, 0.6) is 0 Å². The van der Waals surface area contributed by atoms with E-state index in [0.717, 1.165) is 19.4 Å². The molecule has 0 radical (unpaired) electrons. The number of nitrogens with zero attached hydrogens (tertiary/aromatic N) is 2. The molecule has 1 aliphatic rings. The van der Waals surface area contributed by atoms with E-state index in [1.165, 1.54) is 0 Å². The lowest BCUT2D eigenvalue weighted by Crippen LogP contribution is -2.47. The molecule has 1 heterocycles. The Kier molecular flexibility index (Phi) is 6.46. The van der Waals surface area contributed by atoms with Gasteiger partial charge in [-0.3, -0.25) is 10.1 Å². The van der Waals surface area contributed by atoms with Gasteiger partial charge in [-0.05, 0) is 45.8 Å². The maximum atomic E-state index is 12.8. The summed E-state index contributed by atoms with van der Waals surface area (Å²) in [5.74, 6) is 1.13. The maximum absolute atomic E-state index is 12.8. The molecule has 1 aliphatic heterocycles. The van der Waals surface area contributed by atoms with Crippen LogP contribution in [0, 0.1) is 11.8 Å². The minimum Gasteiger partial charge on any atom is -0.323 e. The van der Waals surface area contributed by atoms with Crippen molar-refractivity contribution in [2.45, 2.75) is 65.7 Å². The first kappa shape index (κ1) is 17.4. The first-order valence-electron chi connectivity index (χ1n) is 8.02. The quantitative estimate of drug-likeness (QED) is 0.778. The summed E-state index contributed by atoms with van der Waals surface area (Å²) in [6.45, 7) is 11.9. The molecule has 0 aromatic carbocycles. The average molecular weight is 283 g/mol.